The van der Waals surface area contributed by atoms with Crippen molar-refractivity contribution in [1.82, 2.24) is 15.6 Å². The third-order valence-electron chi connectivity index (χ3n) is 4.35. The van der Waals surface area contributed by atoms with Gasteiger partial charge in [0.15, 0.2) is 0 Å². The molecule has 160 valence electrons. The van der Waals surface area contributed by atoms with E-state index in [9.17, 15) is 9.59 Å². The second-order valence-corrected chi connectivity index (χ2v) is 6.72. The Labute approximate surface area is 187 Å². The van der Waals surface area contributed by atoms with Gasteiger partial charge in [0, 0.05) is 11.8 Å². The van der Waals surface area contributed by atoms with Crippen molar-refractivity contribution in [3.05, 3.63) is 127 Å². The van der Waals surface area contributed by atoms with Crippen molar-refractivity contribution in [2.45, 2.75) is 6.54 Å². The van der Waals surface area contributed by atoms with Crippen LogP contribution in [0, 0.1) is 0 Å². The summed E-state index contributed by atoms with van der Waals surface area (Å²) >= 11 is 0. The lowest BCUT2D eigenvalue weighted by molar-refractivity contribution is -0.117. The first-order valence-corrected chi connectivity index (χ1v) is 9.90. The van der Waals surface area contributed by atoms with Gasteiger partial charge in [0.05, 0.1) is 12.2 Å². The molecular formula is C26H23N3O3. The first-order valence-electron chi connectivity index (χ1n) is 9.90. The second-order valence-electron chi connectivity index (χ2n) is 6.72. The fraction of sp³-hybridized carbons (Fsp3) is 0.0385. The Morgan fingerprint density at radius 3 is 2.34 bits per heavy atom. The molecule has 0 saturated carbocycles. The van der Waals surface area contributed by atoms with E-state index in [1.807, 2.05) is 18.2 Å². The van der Waals surface area contributed by atoms with Crippen LogP contribution in [-0.4, -0.2) is 16.8 Å². The number of ether oxygens (including phenoxy) is 1. The van der Waals surface area contributed by atoms with Crippen LogP contribution in [0.5, 0.6) is 5.75 Å². The number of allylic oxidation sites excluding steroid dienone is 1. The minimum atomic E-state index is -0.430. The van der Waals surface area contributed by atoms with Crippen LogP contribution in [0.4, 0.5) is 0 Å². The maximum absolute atomic E-state index is 12.9. The number of pyridine rings is 1. The quantitative estimate of drug-likeness (QED) is 0.305. The fourth-order valence-electron chi connectivity index (χ4n) is 2.70. The molecule has 0 bridgehead atoms. The number of nitrogens with zero attached hydrogens (tertiary/aromatic N) is 1. The molecule has 1 heterocycles. The molecule has 0 aliphatic rings. The minimum absolute atomic E-state index is 0.110. The first-order chi connectivity index (χ1) is 15.5. The molecule has 6 nitrogen and oxygen atoms in total. The normalized spacial score (nSPS) is 10.7. The van der Waals surface area contributed by atoms with Gasteiger partial charge in [0.1, 0.15) is 17.2 Å². The van der Waals surface area contributed by atoms with Gasteiger partial charge in [-0.15, -0.1) is 0 Å². The van der Waals surface area contributed by atoms with Gasteiger partial charge in [-0.05, 0) is 54.1 Å². The zero-order chi connectivity index (χ0) is 22.8. The first kappa shape index (κ1) is 22.2. The van der Waals surface area contributed by atoms with E-state index >= 15 is 0 Å². The lowest BCUT2D eigenvalue weighted by Crippen LogP contribution is -2.34. The largest absolute Gasteiger partial charge is 0.458 e. The summed E-state index contributed by atoms with van der Waals surface area (Å²) in [5.41, 5.74) is 1.97. The summed E-state index contributed by atoms with van der Waals surface area (Å²) in [6.45, 7) is 7.54. The molecule has 0 spiro atoms. The molecule has 3 rings (SSSR count). The molecule has 0 atom stereocenters. The summed E-state index contributed by atoms with van der Waals surface area (Å²) in [6, 6.07) is 21.2. The minimum Gasteiger partial charge on any atom is -0.458 e. The molecule has 2 amide bonds. The highest BCUT2D eigenvalue weighted by atomic mass is 16.5. The second kappa shape index (κ2) is 11.1. The molecule has 0 saturated heterocycles. The molecule has 1 aromatic heterocycles. The SMILES string of the molecule is C=CC(=C)Oc1ccc(/C=C(\NC(=O)c2ccccc2)C(=O)NCc2ccccn2)cc1. The topological polar surface area (TPSA) is 80.3 Å². The Kier molecular flexibility index (Phi) is 7.70. The number of nitrogens with one attached hydrogen (secondary N) is 2. The predicted octanol–water partition coefficient (Wildman–Crippen LogP) is 4.25. The highest BCUT2D eigenvalue weighted by Crippen LogP contribution is 2.17. The number of carbonyl (C=O) groups is 2. The molecule has 2 aromatic carbocycles. The number of hydrogen-bond acceptors (Lipinski definition) is 4. The van der Waals surface area contributed by atoms with Gasteiger partial charge in [-0.2, -0.15) is 0 Å². The number of hydrogen-bond donors (Lipinski definition) is 2. The van der Waals surface area contributed by atoms with Crippen LogP contribution in [0.1, 0.15) is 21.6 Å². The van der Waals surface area contributed by atoms with Crippen molar-refractivity contribution in [2.24, 2.45) is 0 Å². The van der Waals surface area contributed by atoms with Crippen molar-refractivity contribution in [3.63, 3.8) is 0 Å². The van der Waals surface area contributed by atoms with E-state index in [-0.39, 0.29) is 18.1 Å². The molecular weight excluding hydrogens is 402 g/mol. The van der Waals surface area contributed by atoms with Crippen molar-refractivity contribution in [1.29, 1.82) is 0 Å². The number of benzene rings is 2. The molecule has 32 heavy (non-hydrogen) atoms. The highest BCUT2D eigenvalue weighted by Gasteiger charge is 2.14. The van der Waals surface area contributed by atoms with Gasteiger partial charge >= 0.3 is 0 Å². The standard InChI is InChI=1S/C26H23N3O3/c1-3-19(2)32-23-14-12-20(13-15-23)17-24(29-25(30)21-9-5-4-6-10-21)26(31)28-18-22-11-7-8-16-27-22/h3-17H,1-2,18H2,(H,28,31)(H,29,30)/b24-17-. The molecule has 2 N–H and O–H groups in total. The number of carbonyl (C=O) groups excluding carboxylic acids is 2. The van der Waals surface area contributed by atoms with Crippen molar-refractivity contribution in [2.75, 3.05) is 0 Å². The maximum Gasteiger partial charge on any atom is 0.268 e. The lowest BCUT2D eigenvalue weighted by Gasteiger charge is -2.11. The van der Waals surface area contributed by atoms with Crippen LogP contribution >= 0.6 is 0 Å². The van der Waals surface area contributed by atoms with Gasteiger partial charge in [0.2, 0.25) is 0 Å². The molecule has 6 heteroatoms. The molecule has 0 fully saturated rings. The van der Waals surface area contributed by atoms with Crippen LogP contribution in [0.15, 0.2) is 110 Å². The number of amides is 2. The molecule has 0 unspecified atom stereocenters. The zero-order valence-electron chi connectivity index (χ0n) is 17.5. The Morgan fingerprint density at radius 2 is 1.69 bits per heavy atom. The average molecular weight is 425 g/mol. The Balaban J connectivity index is 1.80. The molecule has 0 radical (unpaired) electrons. The van der Waals surface area contributed by atoms with Crippen LogP contribution in [0.3, 0.4) is 0 Å². The van der Waals surface area contributed by atoms with E-state index < -0.39 is 5.91 Å². The van der Waals surface area contributed by atoms with E-state index in [0.717, 1.165) is 0 Å². The summed E-state index contributed by atoms with van der Waals surface area (Å²) in [4.78, 5) is 29.7. The summed E-state index contributed by atoms with van der Waals surface area (Å²) in [5.74, 6) is 0.201. The molecule has 0 aliphatic heterocycles. The molecule has 3 aromatic rings. The fourth-order valence-corrected chi connectivity index (χ4v) is 2.70. The third-order valence-corrected chi connectivity index (χ3v) is 4.35. The van der Waals surface area contributed by atoms with Gasteiger partial charge in [0.25, 0.3) is 11.8 Å². The van der Waals surface area contributed by atoms with Crippen molar-refractivity contribution < 1.29 is 14.3 Å². The maximum atomic E-state index is 12.9. The Morgan fingerprint density at radius 1 is 0.969 bits per heavy atom. The van der Waals surface area contributed by atoms with Crippen molar-refractivity contribution >= 4 is 17.9 Å². The van der Waals surface area contributed by atoms with E-state index in [2.05, 4.69) is 28.8 Å². The van der Waals surface area contributed by atoms with Crippen LogP contribution < -0.4 is 15.4 Å². The third kappa shape index (κ3) is 6.53. The number of aromatic nitrogens is 1. The zero-order valence-corrected chi connectivity index (χ0v) is 17.5. The number of rotatable bonds is 9. The van der Waals surface area contributed by atoms with Crippen LogP contribution in [0.25, 0.3) is 6.08 Å². The molecule has 0 aliphatic carbocycles. The van der Waals surface area contributed by atoms with Gasteiger partial charge in [-0.25, -0.2) is 0 Å². The average Bonchev–Trinajstić information content (AvgIpc) is 2.84. The summed E-state index contributed by atoms with van der Waals surface area (Å²) in [5, 5.41) is 5.49. The van der Waals surface area contributed by atoms with Crippen LogP contribution in [-0.2, 0) is 11.3 Å². The van der Waals surface area contributed by atoms with E-state index in [1.54, 1.807) is 66.9 Å². The lowest BCUT2D eigenvalue weighted by atomic mass is 10.1. The van der Waals surface area contributed by atoms with Gasteiger partial charge in [-0.1, -0.05) is 49.6 Å². The van der Waals surface area contributed by atoms with Crippen LogP contribution in [0.2, 0.25) is 0 Å². The smallest absolute Gasteiger partial charge is 0.268 e. The van der Waals surface area contributed by atoms with Gasteiger partial charge < -0.3 is 15.4 Å². The van der Waals surface area contributed by atoms with Crippen molar-refractivity contribution in [3.8, 4) is 5.75 Å². The summed E-state index contributed by atoms with van der Waals surface area (Å²) in [6.07, 6.45) is 4.76. The monoisotopic (exact) mass is 425 g/mol. The predicted molar refractivity (Wildman–Crippen MR) is 124 cm³/mol. The van der Waals surface area contributed by atoms with Gasteiger partial charge in [-0.3, -0.25) is 14.6 Å². The summed E-state index contributed by atoms with van der Waals surface area (Å²) < 4.78 is 5.49. The Bertz CT molecular complexity index is 1120. The van der Waals surface area contributed by atoms with E-state index in [1.165, 1.54) is 6.08 Å². The summed E-state index contributed by atoms with van der Waals surface area (Å²) in [7, 11) is 0. The van der Waals surface area contributed by atoms with E-state index in [4.69, 9.17) is 4.74 Å². The highest BCUT2D eigenvalue weighted by molar-refractivity contribution is 6.05. The Hall–Kier alpha value is -4.45. The van der Waals surface area contributed by atoms with E-state index in [0.29, 0.717) is 28.3 Å².